The van der Waals surface area contributed by atoms with Gasteiger partial charge in [-0.1, -0.05) is 24.3 Å². The van der Waals surface area contributed by atoms with Gasteiger partial charge < -0.3 is 29.1 Å². The van der Waals surface area contributed by atoms with Gasteiger partial charge in [-0.2, -0.15) is 0 Å². The van der Waals surface area contributed by atoms with Crippen molar-refractivity contribution in [2.75, 3.05) is 39.6 Å². The van der Waals surface area contributed by atoms with Crippen LogP contribution in [0.3, 0.4) is 0 Å². The predicted molar refractivity (Wildman–Crippen MR) is 124 cm³/mol. The molecule has 7 nitrogen and oxygen atoms in total. The van der Waals surface area contributed by atoms with Crippen molar-refractivity contribution >= 4 is 5.91 Å². The second-order valence-electron chi connectivity index (χ2n) is 9.18. The van der Waals surface area contributed by atoms with E-state index in [-0.39, 0.29) is 12.5 Å². The molecule has 3 aliphatic heterocycles. The van der Waals surface area contributed by atoms with Crippen LogP contribution in [0.4, 0.5) is 0 Å². The van der Waals surface area contributed by atoms with Crippen molar-refractivity contribution in [1.82, 2.24) is 9.80 Å². The number of benzene rings is 2. The third kappa shape index (κ3) is 5.25. The normalized spacial score (nSPS) is 19.8. The molecule has 176 valence electrons. The Morgan fingerprint density at radius 2 is 1.88 bits per heavy atom. The zero-order chi connectivity index (χ0) is 22.6. The van der Waals surface area contributed by atoms with Crippen LogP contribution < -0.4 is 14.2 Å². The summed E-state index contributed by atoms with van der Waals surface area (Å²) in [5, 5.41) is 10.6. The Kier molecular flexibility index (Phi) is 6.69. The molecular weight excluding hydrogens is 420 g/mol. The maximum Gasteiger partial charge on any atom is 0.231 e. The Hall–Kier alpha value is -2.77. The molecule has 0 aromatic heterocycles. The molecular formula is C26H32N2O5. The molecule has 1 N–H and O–H groups in total. The highest BCUT2D eigenvalue weighted by Crippen LogP contribution is 2.37. The number of hydrogen-bond acceptors (Lipinski definition) is 6. The van der Waals surface area contributed by atoms with Crippen LogP contribution in [0.25, 0.3) is 0 Å². The maximum atomic E-state index is 12.0. The third-order valence-corrected chi connectivity index (χ3v) is 6.86. The lowest BCUT2D eigenvalue weighted by molar-refractivity contribution is -0.128. The molecule has 2 fully saturated rings. The van der Waals surface area contributed by atoms with E-state index < -0.39 is 6.10 Å². The SMILES string of the molecule is O=C1CCCN1Cc1ccccc1OCC(O)CN1CCC(c2ccc3c(c2)OCO3)CC1. The molecule has 0 radical (unpaired) electrons. The number of rotatable bonds is 8. The number of aliphatic hydroxyl groups excluding tert-OH is 1. The van der Waals surface area contributed by atoms with Crippen LogP contribution in [-0.4, -0.2) is 66.5 Å². The first kappa shape index (κ1) is 22.0. The molecule has 7 heteroatoms. The number of nitrogens with zero attached hydrogens (tertiary/aromatic N) is 2. The van der Waals surface area contributed by atoms with Crippen LogP contribution >= 0.6 is 0 Å². The number of fused-ring (bicyclic) bond motifs is 1. The van der Waals surface area contributed by atoms with Crippen molar-refractivity contribution in [2.24, 2.45) is 0 Å². The summed E-state index contributed by atoms with van der Waals surface area (Å²) in [6.07, 6.45) is 3.10. The first-order valence-electron chi connectivity index (χ1n) is 11.9. The van der Waals surface area contributed by atoms with Gasteiger partial charge in [-0.15, -0.1) is 0 Å². The van der Waals surface area contributed by atoms with E-state index >= 15 is 0 Å². The Morgan fingerprint density at radius 1 is 1.06 bits per heavy atom. The van der Waals surface area contributed by atoms with Gasteiger partial charge in [0.05, 0.1) is 0 Å². The summed E-state index contributed by atoms with van der Waals surface area (Å²) < 4.78 is 16.9. The minimum atomic E-state index is -0.562. The number of amides is 1. The van der Waals surface area contributed by atoms with Gasteiger partial charge in [0.15, 0.2) is 11.5 Å². The highest BCUT2D eigenvalue weighted by molar-refractivity contribution is 5.78. The molecule has 2 aromatic rings. The first-order chi connectivity index (χ1) is 16.2. The van der Waals surface area contributed by atoms with Gasteiger partial charge in [-0.25, -0.2) is 0 Å². The molecule has 0 aliphatic carbocycles. The van der Waals surface area contributed by atoms with E-state index in [1.54, 1.807) is 0 Å². The van der Waals surface area contributed by atoms with Crippen LogP contribution in [0.15, 0.2) is 42.5 Å². The van der Waals surface area contributed by atoms with Crippen LogP contribution in [0.2, 0.25) is 0 Å². The highest BCUT2D eigenvalue weighted by Gasteiger charge is 2.25. The first-order valence-corrected chi connectivity index (χ1v) is 11.9. The summed E-state index contributed by atoms with van der Waals surface area (Å²) in [7, 11) is 0. The standard InChI is InChI=1S/C26H32N2O5/c29-22(17-31-23-5-2-1-4-21(23)15-28-11-3-6-26(28)30)16-27-12-9-19(10-13-27)20-7-8-24-25(14-20)33-18-32-24/h1-2,4-5,7-8,14,19,22,29H,3,6,9-13,15-18H2. The summed E-state index contributed by atoms with van der Waals surface area (Å²) in [6.45, 7) is 4.41. The van der Waals surface area contributed by atoms with Crippen molar-refractivity contribution in [2.45, 2.75) is 44.2 Å². The second kappa shape index (κ2) is 10.0. The molecule has 3 heterocycles. The van der Waals surface area contributed by atoms with Crippen molar-refractivity contribution in [3.63, 3.8) is 0 Å². The van der Waals surface area contributed by atoms with Crippen molar-refractivity contribution in [1.29, 1.82) is 0 Å². The molecule has 1 atom stereocenters. The fourth-order valence-electron chi connectivity index (χ4n) is 5.00. The fourth-order valence-corrected chi connectivity index (χ4v) is 5.00. The minimum Gasteiger partial charge on any atom is -0.490 e. The zero-order valence-electron chi connectivity index (χ0n) is 18.9. The zero-order valence-corrected chi connectivity index (χ0v) is 18.9. The topological polar surface area (TPSA) is 71.5 Å². The molecule has 1 unspecified atom stereocenters. The van der Waals surface area contributed by atoms with Gasteiger partial charge in [0.1, 0.15) is 18.5 Å². The summed E-state index contributed by atoms with van der Waals surface area (Å²) in [5.74, 6) is 3.13. The number of β-amino-alcohol motifs (C(OH)–C–C–N with tert-alkyl or cyclic N) is 1. The largest absolute Gasteiger partial charge is 0.490 e. The van der Waals surface area contributed by atoms with E-state index in [9.17, 15) is 9.90 Å². The summed E-state index contributed by atoms with van der Waals surface area (Å²) in [4.78, 5) is 16.2. The van der Waals surface area contributed by atoms with Crippen LogP contribution in [0, 0.1) is 0 Å². The number of hydrogen-bond donors (Lipinski definition) is 1. The molecule has 0 spiro atoms. The Labute approximate surface area is 194 Å². The van der Waals surface area contributed by atoms with Crippen molar-refractivity contribution < 1.29 is 24.1 Å². The van der Waals surface area contributed by atoms with Gasteiger partial charge in [0.25, 0.3) is 0 Å². The number of para-hydroxylation sites is 1. The molecule has 3 aliphatic rings. The average Bonchev–Trinajstić information content (AvgIpc) is 3.47. The molecule has 2 aromatic carbocycles. The number of carbonyl (C=O) groups is 1. The molecule has 2 saturated heterocycles. The van der Waals surface area contributed by atoms with E-state index in [2.05, 4.69) is 17.0 Å². The van der Waals surface area contributed by atoms with Gasteiger partial charge in [-0.3, -0.25) is 4.79 Å². The quantitative estimate of drug-likeness (QED) is 0.664. The summed E-state index contributed by atoms with van der Waals surface area (Å²) in [5.41, 5.74) is 2.29. The lowest BCUT2D eigenvalue weighted by atomic mass is 9.89. The van der Waals surface area contributed by atoms with Crippen LogP contribution in [-0.2, 0) is 11.3 Å². The smallest absolute Gasteiger partial charge is 0.231 e. The van der Waals surface area contributed by atoms with Crippen LogP contribution in [0.1, 0.15) is 42.7 Å². The van der Waals surface area contributed by atoms with Crippen molar-refractivity contribution in [3.05, 3.63) is 53.6 Å². The fraction of sp³-hybridized carbons (Fsp3) is 0.500. The number of aliphatic hydroxyl groups is 1. The van der Waals surface area contributed by atoms with E-state index in [4.69, 9.17) is 14.2 Å². The number of carbonyl (C=O) groups excluding carboxylic acids is 1. The Bertz CT molecular complexity index is 973. The summed E-state index contributed by atoms with van der Waals surface area (Å²) >= 11 is 0. The number of piperidine rings is 1. The molecule has 0 saturated carbocycles. The Morgan fingerprint density at radius 3 is 2.70 bits per heavy atom. The van der Waals surface area contributed by atoms with Crippen molar-refractivity contribution in [3.8, 4) is 17.2 Å². The lowest BCUT2D eigenvalue weighted by Gasteiger charge is -2.33. The molecule has 1 amide bonds. The van der Waals surface area contributed by atoms with Gasteiger partial charge in [-0.05, 0) is 62.0 Å². The van der Waals surface area contributed by atoms with Crippen LogP contribution in [0.5, 0.6) is 17.2 Å². The maximum absolute atomic E-state index is 12.0. The van der Waals surface area contributed by atoms with E-state index in [1.165, 1.54) is 5.56 Å². The lowest BCUT2D eigenvalue weighted by Crippen LogP contribution is -2.40. The third-order valence-electron chi connectivity index (χ3n) is 6.86. The van der Waals surface area contributed by atoms with Gasteiger partial charge in [0, 0.05) is 31.6 Å². The monoisotopic (exact) mass is 452 g/mol. The molecule has 33 heavy (non-hydrogen) atoms. The highest BCUT2D eigenvalue weighted by atomic mass is 16.7. The van der Waals surface area contributed by atoms with E-state index in [0.717, 1.165) is 61.7 Å². The predicted octanol–water partition coefficient (Wildman–Crippen LogP) is 3.16. The van der Waals surface area contributed by atoms with Gasteiger partial charge in [0.2, 0.25) is 12.7 Å². The number of ether oxygens (including phenoxy) is 3. The Balaban J connectivity index is 1.09. The van der Waals surface area contributed by atoms with E-state index in [0.29, 0.717) is 32.2 Å². The molecule has 0 bridgehead atoms. The van der Waals surface area contributed by atoms with E-state index in [1.807, 2.05) is 35.2 Å². The molecule has 5 rings (SSSR count). The second-order valence-corrected chi connectivity index (χ2v) is 9.18. The van der Waals surface area contributed by atoms with Gasteiger partial charge >= 0.3 is 0 Å². The summed E-state index contributed by atoms with van der Waals surface area (Å²) in [6, 6.07) is 14.1. The average molecular weight is 453 g/mol. The minimum absolute atomic E-state index is 0.203. The number of likely N-dealkylation sites (tertiary alicyclic amines) is 2.